The average Bonchev–Trinajstić information content (AvgIpc) is 3.16. The van der Waals surface area contributed by atoms with Gasteiger partial charge in [-0.1, -0.05) is 18.5 Å². The number of hydrogen-bond donors (Lipinski definition) is 0. The first-order valence-electron chi connectivity index (χ1n) is 8.87. The van der Waals surface area contributed by atoms with Gasteiger partial charge in [0, 0.05) is 37.7 Å². The second-order valence-electron chi connectivity index (χ2n) is 6.83. The average molecular weight is 315 g/mol. The Morgan fingerprint density at radius 2 is 2.26 bits per heavy atom. The van der Waals surface area contributed by atoms with Crippen LogP contribution in [0.15, 0.2) is 10.9 Å². The Balaban J connectivity index is 1.44. The molecule has 1 aliphatic carbocycles. The Morgan fingerprint density at radius 1 is 1.39 bits per heavy atom. The third-order valence-electron chi connectivity index (χ3n) is 5.05. The van der Waals surface area contributed by atoms with Crippen LogP contribution in [-0.4, -0.2) is 31.1 Å². The molecule has 0 aromatic carbocycles. The van der Waals surface area contributed by atoms with E-state index in [9.17, 15) is 0 Å². The van der Waals surface area contributed by atoms with E-state index in [1.807, 2.05) is 6.33 Å². The first-order chi connectivity index (χ1) is 11.3. The molecule has 2 aromatic heterocycles. The molecular formula is C17H25N5O. The summed E-state index contributed by atoms with van der Waals surface area (Å²) in [7, 11) is 0. The minimum absolute atomic E-state index is 0.150. The number of rotatable bonds is 6. The Morgan fingerprint density at radius 3 is 3.04 bits per heavy atom. The molecule has 0 spiro atoms. The topological polar surface area (TPSA) is 60.0 Å². The molecule has 0 N–H and O–H groups in total. The molecule has 4 rings (SSSR count). The van der Waals surface area contributed by atoms with Crippen LogP contribution in [-0.2, 0) is 19.4 Å². The van der Waals surface area contributed by atoms with Crippen LogP contribution in [0, 0.1) is 0 Å². The maximum Gasteiger partial charge on any atom is 0.243 e. The molecule has 3 heterocycles. The van der Waals surface area contributed by atoms with Crippen molar-refractivity contribution in [3.8, 4) is 0 Å². The van der Waals surface area contributed by atoms with Crippen LogP contribution in [0.2, 0.25) is 0 Å². The molecule has 1 aliphatic heterocycles. The minimum Gasteiger partial charge on any atom is -0.338 e. The maximum atomic E-state index is 5.49. The van der Waals surface area contributed by atoms with E-state index in [1.165, 1.54) is 24.2 Å². The third-order valence-corrected chi connectivity index (χ3v) is 5.05. The molecule has 0 saturated heterocycles. The van der Waals surface area contributed by atoms with Crippen LogP contribution in [0.1, 0.15) is 74.7 Å². The number of imidazole rings is 1. The van der Waals surface area contributed by atoms with E-state index in [4.69, 9.17) is 4.52 Å². The summed E-state index contributed by atoms with van der Waals surface area (Å²) in [5.74, 6) is 1.57. The van der Waals surface area contributed by atoms with Gasteiger partial charge >= 0.3 is 0 Å². The third kappa shape index (κ3) is 2.92. The van der Waals surface area contributed by atoms with Crippen molar-refractivity contribution in [1.82, 2.24) is 24.6 Å². The summed E-state index contributed by atoms with van der Waals surface area (Å²) in [4.78, 5) is 11.6. The second-order valence-corrected chi connectivity index (χ2v) is 6.83. The van der Waals surface area contributed by atoms with Gasteiger partial charge in [-0.25, -0.2) is 4.98 Å². The summed E-state index contributed by atoms with van der Waals surface area (Å²) in [6.45, 7) is 6.23. The van der Waals surface area contributed by atoms with Gasteiger partial charge in [-0.3, -0.25) is 4.90 Å². The van der Waals surface area contributed by atoms with Crippen molar-refractivity contribution >= 4 is 0 Å². The number of nitrogens with zero attached hydrogens (tertiary/aromatic N) is 5. The van der Waals surface area contributed by atoms with Gasteiger partial charge in [0.1, 0.15) is 0 Å². The zero-order chi connectivity index (χ0) is 15.8. The van der Waals surface area contributed by atoms with Crippen molar-refractivity contribution < 1.29 is 4.52 Å². The molecule has 23 heavy (non-hydrogen) atoms. The van der Waals surface area contributed by atoms with Gasteiger partial charge in [-0.05, 0) is 26.2 Å². The summed E-state index contributed by atoms with van der Waals surface area (Å²) in [6.07, 6.45) is 8.88. The normalized spacial score (nSPS) is 19.7. The first kappa shape index (κ1) is 14.9. The number of hydrogen-bond acceptors (Lipinski definition) is 5. The highest BCUT2D eigenvalue weighted by atomic mass is 16.5. The molecular weight excluding hydrogens is 290 g/mol. The molecule has 6 nitrogen and oxygen atoms in total. The lowest BCUT2D eigenvalue weighted by molar-refractivity contribution is 0.154. The van der Waals surface area contributed by atoms with E-state index in [0.29, 0.717) is 6.04 Å². The van der Waals surface area contributed by atoms with Gasteiger partial charge < -0.3 is 9.09 Å². The number of aryl methyl sites for hydroxylation is 1. The van der Waals surface area contributed by atoms with Crippen LogP contribution in [0.25, 0.3) is 0 Å². The van der Waals surface area contributed by atoms with E-state index < -0.39 is 0 Å². The van der Waals surface area contributed by atoms with Crippen molar-refractivity contribution in [1.29, 1.82) is 0 Å². The van der Waals surface area contributed by atoms with Crippen LogP contribution in [0.5, 0.6) is 0 Å². The van der Waals surface area contributed by atoms with Crippen LogP contribution in [0.3, 0.4) is 0 Å². The highest BCUT2D eigenvalue weighted by Gasteiger charge is 2.32. The molecule has 2 aromatic rings. The Hall–Kier alpha value is -1.69. The fourth-order valence-electron chi connectivity index (χ4n) is 3.38. The quantitative estimate of drug-likeness (QED) is 0.820. The van der Waals surface area contributed by atoms with Gasteiger partial charge in [0.05, 0.1) is 18.1 Å². The zero-order valence-electron chi connectivity index (χ0n) is 14.0. The van der Waals surface area contributed by atoms with E-state index in [-0.39, 0.29) is 6.04 Å². The van der Waals surface area contributed by atoms with E-state index in [1.54, 1.807) is 0 Å². The largest absolute Gasteiger partial charge is 0.338 e. The number of aromatic nitrogens is 4. The van der Waals surface area contributed by atoms with E-state index in [2.05, 4.69) is 38.4 Å². The van der Waals surface area contributed by atoms with E-state index >= 15 is 0 Å². The summed E-state index contributed by atoms with van der Waals surface area (Å²) in [5.41, 5.74) is 2.66. The molecule has 1 atom stereocenters. The first-order valence-corrected chi connectivity index (χ1v) is 8.87. The maximum absolute atomic E-state index is 5.49. The van der Waals surface area contributed by atoms with E-state index in [0.717, 1.165) is 50.5 Å². The molecule has 0 bridgehead atoms. The highest BCUT2D eigenvalue weighted by molar-refractivity contribution is 5.19. The van der Waals surface area contributed by atoms with Crippen LogP contribution in [0.4, 0.5) is 0 Å². The molecule has 124 valence electrons. The molecule has 6 heteroatoms. The van der Waals surface area contributed by atoms with Crippen LogP contribution < -0.4 is 0 Å². The summed E-state index contributed by atoms with van der Waals surface area (Å²) < 4.78 is 7.89. The fourth-order valence-corrected chi connectivity index (χ4v) is 3.38. The van der Waals surface area contributed by atoms with Gasteiger partial charge in [0.25, 0.3) is 0 Å². The smallest absolute Gasteiger partial charge is 0.243 e. The Labute approximate surface area is 136 Å². The van der Waals surface area contributed by atoms with Crippen molar-refractivity contribution in [2.45, 2.75) is 71.0 Å². The lowest BCUT2D eigenvalue weighted by Gasteiger charge is -2.30. The molecule has 2 aliphatic rings. The van der Waals surface area contributed by atoms with Gasteiger partial charge in [0.15, 0.2) is 5.82 Å². The summed E-state index contributed by atoms with van der Waals surface area (Å²) in [6, 6.07) is 0.865. The monoisotopic (exact) mass is 315 g/mol. The molecule has 1 fully saturated rings. The lowest BCUT2D eigenvalue weighted by Crippen LogP contribution is -2.33. The van der Waals surface area contributed by atoms with Crippen molar-refractivity contribution in [3.05, 3.63) is 29.4 Å². The van der Waals surface area contributed by atoms with Crippen LogP contribution >= 0.6 is 0 Å². The van der Waals surface area contributed by atoms with Gasteiger partial charge in [-0.2, -0.15) is 4.98 Å². The Bertz CT molecular complexity index is 672. The van der Waals surface area contributed by atoms with Crippen molar-refractivity contribution in [2.24, 2.45) is 0 Å². The van der Waals surface area contributed by atoms with Crippen molar-refractivity contribution in [3.63, 3.8) is 0 Å². The fraction of sp³-hybridized carbons (Fsp3) is 0.706. The Kier molecular flexibility index (Phi) is 3.93. The lowest BCUT2D eigenvalue weighted by atomic mass is 10.1. The van der Waals surface area contributed by atoms with Gasteiger partial charge in [0.2, 0.25) is 5.89 Å². The van der Waals surface area contributed by atoms with Gasteiger partial charge in [-0.15, -0.1) is 0 Å². The SMILES string of the molecule is CCCCc1noc(C(C)N2CCc3c(ncn3C3CC3)C2)n1. The summed E-state index contributed by atoms with van der Waals surface area (Å²) in [5, 5.41) is 4.12. The predicted molar refractivity (Wildman–Crippen MR) is 85.9 cm³/mol. The van der Waals surface area contributed by atoms with Crippen molar-refractivity contribution in [2.75, 3.05) is 6.54 Å². The molecule has 1 saturated carbocycles. The molecule has 1 unspecified atom stereocenters. The predicted octanol–water partition coefficient (Wildman–Crippen LogP) is 3.06. The number of fused-ring (bicyclic) bond motifs is 1. The summed E-state index contributed by atoms with van der Waals surface area (Å²) >= 11 is 0. The standard InChI is InChI=1S/C17H25N5O/c1-3-4-5-16-19-17(23-20-16)12(2)21-9-8-15-14(10-21)18-11-22(15)13-6-7-13/h11-13H,3-10H2,1-2H3. The zero-order valence-corrected chi connectivity index (χ0v) is 14.0. The minimum atomic E-state index is 0.150. The highest BCUT2D eigenvalue weighted by Crippen LogP contribution is 2.38. The second kappa shape index (κ2) is 6.07. The number of unbranched alkanes of at least 4 members (excludes halogenated alkanes) is 1. The molecule has 0 radical (unpaired) electrons. The molecule has 0 amide bonds.